The van der Waals surface area contributed by atoms with Crippen LogP contribution in [0.15, 0.2) is 40.9 Å². The first-order valence-electron chi connectivity index (χ1n) is 6.60. The Hall–Kier alpha value is -1.46. The molecule has 5 heteroatoms. The van der Waals surface area contributed by atoms with Crippen LogP contribution in [0, 0.1) is 11.6 Å². The zero-order valence-corrected chi connectivity index (χ0v) is 13.4. The molecule has 0 amide bonds. The molecule has 0 heterocycles. The van der Waals surface area contributed by atoms with E-state index in [4.69, 9.17) is 4.74 Å². The molecular formula is C16H16BrF2NO. The highest BCUT2D eigenvalue weighted by Gasteiger charge is 2.10. The van der Waals surface area contributed by atoms with E-state index in [0.29, 0.717) is 18.3 Å². The minimum Gasteiger partial charge on any atom is -0.454 e. The lowest BCUT2D eigenvalue weighted by Gasteiger charge is -2.14. The van der Waals surface area contributed by atoms with Gasteiger partial charge in [0.1, 0.15) is 11.6 Å². The molecule has 1 N–H and O–H groups in total. The van der Waals surface area contributed by atoms with Crippen molar-refractivity contribution in [1.82, 2.24) is 5.32 Å². The van der Waals surface area contributed by atoms with Crippen molar-refractivity contribution in [2.75, 3.05) is 0 Å². The standard InChI is InChI=1S/C16H16BrF2NO/c1-10(2)20-9-11-7-12(17)3-5-15(11)21-16-6-4-13(18)8-14(16)19/h3-8,10,20H,9H2,1-2H3. The van der Waals surface area contributed by atoms with Gasteiger partial charge in [-0.3, -0.25) is 0 Å². The third-order valence-corrected chi connectivity index (χ3v) is 3.33. The van der Waals surface area contributed by atoms with Crippen LogP contribution < -0.4 is 10.1 Å². The average Bonchev–Trinajstić information content (AvgIpc) is 2.41. The van der Waals surface area contributed by atoms with Gasteiger partial charge in [-0.25, -0.2) is 8.78 Å². The highest BCUT2D eigenvalue weighted by atomic mass is 79.9. The van der Waals surface area contributed by atoms with E-state index in [1.54, 1.807) is 6.07 Å². The van der Waals surface area contributed by atoms with Gasteiger partial charge in [0.15, 0.2) is 11.6 Å². The molecule has 112 valence electrons. The predicted octanol–water partition coefficient (Wildman–Crippen LogP) is 5.02. The van der Waals surface area contributed by atoms with Gasteiger partial charge >= 0.3 is 0 Å². The first-order valence-corrected chi connectivity index (χ1v) is 7.39. The maximum absolute atomic E-state index is 13.7. The number of benzene rings is 2. The molecule has 2 nitrogen and oxygen atoms in total. The number of hydrogen-bond acceptors (Lipinski definition) is 2. The van der Waals surface area contributed by atoms with E-state index < -0.39 is 11.6 Å². The molecule has 0 saturated heterocycles. The summed E-state index contributed by atoms with van der Waals surface area (Å²) in [6.45, 7) is 4.67. The van der Waals surface area contributed by atoms with Gasteiger partial charge in [0.2, 0.25) is 0 Å². The van der Waals surface area contributed by atoms with Gasteiger partial charge in [0.05, 0.1) is 0 Å². The fourth-order valence-electron chi connectivity index (χ4n) is 1.78. The van der Waals surface area contributed by atoms with Gasteiger partial charge in [0, 0.05) is 28.7 Å². The number of nitrogens with one attached hydrogen (secondary N) is 1. The highest BCUT2D eigenvalue weighted by molar-refractivity contribution is 9.10. The summed E-state index contributed by atoms with van der Waals surface area (Å²) in [6.07, 6.45) is 0. The Morgan fingerprint density at radius 3 is 2.48 bits per heavy atom. The van der Waals surface area contributed by atoms with Crippen molar-refractivity contribution < 1.29 is 13.5 Å². The Kier molecular flexibility index (Phi) is 5.31. The van der Waals surface area contributed by atoms with Crippen molar-refractivity contribution in [1.29, 1.82) is 0 Å². The first-order chi connectivity index (χ1) is 9.95. The van der Waals surface area contributed by atoms with E-state index in [1.807, 2.05) is 26.0 Å². The second-order valence-electron chi connectivity index (χ2n) is 4.96. The lowest BCUT2D eigenvalue weighted by molar-refractivity contribution is 0.430. The second-order valence-corrected chi connectivity index (χ2v) is 5.88. The molecule has 0 radical (unpaired) electrons. The van der Waals surface area contributed by atoms with Crippen LogP contribution in [-0.4, -0.2) is 6.04 Å². The van der Waals surface area contributed by atoms with Crippen LogP contribution in [0.1, 0.15) is 19.4 Å². The Morgan fingerprint density at radius 2 is 1.81 bits per heavy atom. The minimum atomic E-state index is -0.722. The van der Waals surface area contributed by atoms with Crippen LogP contribution >= 0.6 is 15.9 Å². The van der Waals surface area contributed by atoms with Crippen molar-refractivity contribution in [3.05, 3.63) is 58.1 Å². The van der Waals surface area contributed by atoms with Gasteiger partial charge in [-0.05, 0) is 30.3 Å². The molecule has 2 rings (SSSR count). The third-order valence-electron chi connectivity index (χ3n) is 2.84. The van der Waals surface area contributed by atoms with Crippen LogP contribution in [0.2, 0.25) is 0 Å². The Bertz CT molecular complexity index is 632. The number of halogens is 3. The van der Waals surface area contributed by atoms with Crippen molar-refractivity contribution in [3.8, 4) is 11.5 Å². The summed E-state index contributed by atoms with van der Waals surface area (Å²) in [4.78, 5) is 0. The quantitative estimate of drug-likeness (QED) is 0.813. The topological polar surface area (TPSA) is 21.3 Å². The van der Waals surface area contributed by atoms with E-state index in [1.165, 1.54) is 12.1 Å². The third kappa shape index (κ3) is 4.51. The van der Waals surface area contributed by atoms with E-state index in [0.717, 1.165) is 16.1 Å². The van der Waals surface area contributed by atoms with Gasteiger partial charge in [-0.15, -0.1) is 0 Å². The zero-order chi connectivity index (χ0) is 15.4. The lowest BCUT2D eigenvalue weighted by atomic mass is 10.2. The van der Waals surface area contributed by atoms with Crippen LogP contribution in [0.3, 0.4) is 0 Å². The van der Waals surface area contributed by atoms with E-state index >= 15 is 0 Å². The summed E-state index contributed by atoms with van der Waals surface area (Å²) >= 11 is 3.41. The van der Waals surface area contributed by atoms with Crippen molar-refractivity contribution in [3.63, 3.8) is 0 Å². The van der Waals surface area contributed by atoms with Gasteiger partial charge < -0.3 is 10.1 Å². The molecule has 0 fully saturated rings. The van der Waals surface area contributed by atoms with Gasteiger partial charge in [0.25, 0.3) is 0 Å². The number of ether oxygens (including phenoxy) is 1. The van der Waals surface area contributed by atoms with E-state index in [-0.39, 0.29) is 5.75 Å². The molecule has 0 bridgehead atoms. The van der Waals surface area contributed by atoms with Gasteiger partial charge in [-0.2, -0.15) is 0 Å². The maximum Gasteiger partial charge on any atom is 0.168 e. The smallest absolute Gasteiger partial charge is 0.168 e. The largest absolute Gasteiger partial charge is 0.454 e. The van der Waals surface area contributed by atoms with Crippen molar-refractivity contribution >= 4 is 15.9 Å². The molecule has 0 aliphatic carbocycles. The Labute approximate surface area is 131 Å². The Morgan fingerprint density at radius 1 is 1.10 bits per heavy atom. The van der Waals surface area contributed by atoms with Crippen LogP contribution in [-0.2, 0) is 6.54 Å². The summed E-state index contributed by atoms with van der Waals surface area (Å²) < 4.78 is 33.1. The Balaban J connectivity index is 2.26. The lowest BCUT2D eigenvalue weighted by Crippen LogP contribution is -2.22. The highest BCUT2D eigenvalue weighted by Crippen LogP contribution is 2.30. The van der Waals surface area contributed by atoms with Crippen LogP contribution in [0.25, 0.3) is 0 Å². The fourth-order valence-corrected chi connectivity index (χ4v) is 2.18. The minimum absolute atomic E-state index is 0.00418. The molecule has 0 saturated carbocycles. The summed E-state index contributed by atoms with van der Waals surface area (Å²) in [6, 6.07) is 9.06. The first kappa shape index (κ1) is 15.9. The molecule has 0 aliphatic rings. The number of hydrogen-bond donors (Lipinski definition) is 1. The van der Waals surface area contributed by atoms with Crippen LogP contribution in [0.5, 0.6) is 11.5 Å². The molecule has 2 aromatic carbocycles. The predicted molar refractivity (Wildman–Crippen MR) is 82.5 cm³/mol. The molecular weight excluding hydrogens is 340 g/mol. The summed E-state index contributed by atoms with van der Waals surface area (Å²) in [7, 11) is 0. The normalized spacial score (nSPS) is 11.0. The average molecular weight is 356 g/mol. The molecule has 0 aliphatic heterocycles. The van der Waals surface area contributed by atoms with E-state index in [2.05, 4.69) is 21.2 Å². The summed E-state index contributed by atoms with van der Waals surface area (Å²) in [5, 5.41) is 3.28. The maximum atomic E-state index is 13.7. The van der Waals surface area contributed by atoms with Gasteiger partial charge in [-0.1, -0.05) is 29.8 Å². The second kappa shape index (κ2) is 7.00. The van der Waals surface area contributed by atoms with E-state index in [9.17, 15) is 8.78 Å². The summed E-state index contributed by atoms with van der Waals surface area (Å²) in [5.41, 5.74) is 0.891. The fraction of sp³-hybridized carbons (Fsp3) is 0.250. The summed E-state index contributed by atoms with van der Waals surface area (Å²) in [5.74, 6) is -0.806. The molecule has 0 atom stereocenters. The molecule has 2 aromatic rings. The molecule has 0 aromatic heterocycles. The van der Waals surface area contributed by atoms with Crippen molar-refractivity contribution in [2.45, 2.75) is 26.4 Å². The van der Waals surface area contributed by atoms with Crippen LogP contribution in [0.4, 0.5) is 8.78 Å². The molecule has 0 spiro atoms. The molecule has 21 heavy (non-hydrogen) atoms. The SMILES string of the molecule is CC(C)NCc1cc(Br)ccc1Oc1ccc(F)cc1F. The monoisotopic (exact) mass is 355 g/mol. The number of rotatable bonds is 5. The van der Waals surface area contributed by atoms with Crippen molar-refractivity contribution in [2.24, 2.45) is 0 Å². The molecule has 0 unspecified atom stereocenters. The zero-order valence-electron chi connectivity index (χ0n) is 11.8.